The number of hydrogen-bond acceptors (Lipinski definition) is 7. The summed E-state index contributed by atoms with van der Waals surface area (Å²) < 4.78 is 19.4. The van der Waals surface area contributed by atoms with E-state index < -0.39 is 23.9 Å². The monoisotopic (exact) mass is 617 g/mol. The van der Waals surface area contributed by atoms with Crippen LogP contribution in [0.1, 0.15) is 107 Å². The Balaban J connectivity index is 1.14. The zero-order valence-electron chi connectivity index (χ0n) is 28.5. The molecule has 5 aliphatic carbocycles. The van der Waals surface area contributed by atoms with Gasteiger partial charge in [0.1, 0.15) is 6.10 Å². The zero-order valence-corrected chi connectivity index (χ0v) is 28.5. The standard InChI is InChI=1S/C36H59NO7/c1-20-17-22(29(39)32(5,6)41)43-28-27(20)33(7)13-14-36-19-35(36)12-11-25(44-26-18-37(21(2)38)15-16-42-26)31(3,4)23(35)9-10-24(36)34(33,8)30(28)40/h20,22-30,39-41H,9-19H2,1-8H3/t20-,22?,23+,24?,25?,26?,27?,28?,29?,30+,33?,34-,35?,36?/m1/s1. The highest BCUT2D eigenvalue weighted by Crippen LogP contribution is 2.89. The quantitative estimate of drug-likeness (QED) is 0.426. The van der Waals surface area contributed by atoms with E-state index in [1.54, 1.807) is 20.8 Å². The molecule has 7 rings (SSSR count). The number of fused-ring (bicyclic) bond motifs is 4. The molecule has 10 unspecified atom stereocenters. The Labute approximate surface area is 264 Å². The van der Waals surface area contributed by atoms with Crippen molar-refractivity contribution in [2.45, 2.75) is 149 Å². The van der Waals surface area contributed by atoms with Crippen LogP contribution in [0.25, 0.3) is 0 Å². The summed E-state index contributed by atoms with van der Waals surface area (Å²) in [4.78, 5) is 13.9. The van der Waals surface area contributed by atoms with Crippen LogP contribution in [-0.2, 0) is 19.0 Å². The van der Waals surface area contributed by atoms with Crippen molar-refractivity contribution in [2.24, 2.45) is 50.7 Å². The van der Waals surface area contributed by atoms with Gasteiger partial charge in [-0.25, -0.2) is 0 Å². The molecule has 8 heteroatoms. The van der Waals surface area contributed by atoms with Gasteiger partial charge in [0.25, 0.3) is 0 Å². The largest absolute Gasteiger partial charge is 0.390 e. The first-order valence-electron chi connectivity index (χ1n) is 17.7. The van der Waals surface area contributed by atoms with Crippen molar-refractivity contribution in [3.05, 3.63) is 0 Å². The first kappa shape index (κ1) is 31.8. The molecule has 5 saturated carbocycles. The molecule has 1 amide bonds. The van der Waals surface area contributed by atoms with E-state index in [0.717, 1.165) is 32.1 Å². The van der Waals surface area contributed by atoms with E-state index in [4.69, 9.17) is 14.2 Å². The third-order valence-electron chi connectivity index (χ3n) is 15.6. The van der Waals surface area contributed by atoms with Gasteiger partial charge in [0.2, 0.25) is 5.91 Å². The lowest BCUT2D eigenvalue weighted by atomic mass is 9.41. The Morgan fingerprint density at radius 2 is 1.73 bits per heavy atom. The highest BCUT2D eigenvalue weighted by Gasteiger charge is 2.84. The number of aliphatic hydroxyl groups excluding tert-OH is 2. The lowest BCUT2D eigenvalue weighted by Gasteiger charge is -2.64. The first-order valence-corrected chi connectivity index (χ1v) is 17.7. The molecule has 0 radical (unpaired) electrons. The Kier molecular flexibility index (Phi) is 7.14. The number of nitrogens with zero attached hydrogens (tertiary/aromatic N) is 1. The second kappa shape index (κ2) is 9.88. The van der Waals surface area contributed by atoms with E-state index in [-0.39, 0.29) is 52.0 Å². The molecule has 44 heavy (non-hydrogen) atoms. The van der Waals surface area contributed by atoms with Crippen LogP contribution in [0, 0.1) is 50.7 Å². The number of rotatable bonds is 4. The summed E-state index contributed by atoms with van der Waals surface area (Å²) in [7, 11) is 0. The minimum Gasteiger partial charge on any atom is -0.390 e. The van der Waals surface area contributed by atoms with Crippen LogP contribution in [0.15, 0.2) is 0 Å². The second-order valence-electron chi connectivity index (χ2n) is 18.0. The van der Waals surface area contributed by atoms with Crippen molar-refractivity contribution in [1.82, 2.24) is 4.90 Å². The van der Waals surface area contributed by atoms with Crippen LogP contribution >= 0.6 is 0 Å². The Morgan fingerprint density at radius 3 is 2.41 bits per heavy atom. The number of aliphatic hydroxyl groups is 3. The van der Waals surface area contributed by atoms with E-state index in [2.05, 4.69) is 34.6 Å². The van der Waals surface area contributed by atoms with Gasteiger partial charge in [-0.3, -0.25) is 4.79 Å². The second-order valence-corrected chi connectivity index (χ2v) is 18.0. The van der Waals surface area contributed by atoms with Crippen LogP contribution in [0.3, 0.4) is 0 Å². The van der Waals surface area contributed by atoms with Gasteiger partial charge < -0.3 is 34.4 Å². The average molecular weight is 618 g/mol. The maximum Gasteiger partial charge on any atom is 0.219 e. The van der Waals surface area contributed by atoms with E-state index in [9.17, 15) is 20.1 Å². The van der Waals surface area contributed by atoms with Crippen LogP contribution in [0.2, 0.25) is 0 Å². The summed E-state index contributed by atoms with van der Waals surface area (Å²) in [5, 5.41) is 34.0. The number of morpholine rings is 1. The maximum absolute atomic E-state index is 12.4. The van der Waals surface area contributed by atoms with Gasteiger partial charge in [0.05, 0.1) is 43.2 Å². The molecule has 8 nitrogen and oxygen atoms in total. The molecule has 0 aromatic rings. The fraction of sp³-hybridized carbons (Fsp3) is 0.972. The summed E-state index contributed by atoms with van der Waals surface area (Å²) in [6.07, 6.45) is 6.10. The molecular weight excluding hydrogens is 558 g/mol. The van der Waals surface area contributed by atoms with Crippen LogP contribution in [0.5, 0.6) is 0 Å². The predicted octanol–water partition coefficient (Wildman–Crippen LogP) is 4.52. The molecule has 0 aromatic heterocycles. The third kappa shape index (κ3) is 4.00. The van der Waals surface area contributed by atoms with Gasteiger partial charge in [-0.2, -0.15) is 0 Å². The summed E-state index contributed by atoms with van der Waals surface area (Å²) in [6, 6.07) is 0. The molecule has 7 aliphatic rings. The summed E-state index contributed by atoms with van der Waals surface area (Å²) in [5.74, 6) is 1.62. The molecule has 0 aromatic carbocycles. The molecule has 2 heterocycles. The molecule has 2 aliphatic heterocycles. The van der Waals surface area contributed by atoms with Crippen molar-refractivity contribution >= 4 is 5.91 Å². The number of ether oxygens (including phenoxy) is 3. The molecule has 7 fully saturated rings. The highest BCUT2D eigenvalue weighted by molar-refractivity contribution is 5.73. The smallest absolute Gasteiger partial charge is 0.219 e. The first-order chi connectivity index (χ1) is 20.4. The van der Waals surface area contributed by atoms with Gasteiger partial charge >= 0.3 is 0 Å². The minimum atomic E-state index is -1.25. The molecule has 14 atom stereocenters. The summed E-state index contributed by atoms with van der Waals surface area (Å²) in [5.41, 5.74) is -1.01. The molecule has 0 bridgehead atoms. The van der Waals surface area contributed by atoms with Crippen molar-refractivity contribution < 1.29 is 34.3 Å². The summed E-state index contributed by atoms with van der Waals surface area (Å²) in [6.45, 7) is 18.5. The van der Waals surface area contributed by atoms with E-state index in [0.29, 0.717) is 49.3 Å². The topological polar surface area (TPSA) is 109 Å². The van der Waals surface area contributed by atoms with Crippen molar-refractivity contribution in [1.29, 1.82) is 0 Å². The third-order valence-corrected chi connectivity index (χ3v) is 15.6. The van der Waals surface area contributed by atoms with Crippen LogP contribution in [0.4, 0.5) is 0 Å². The number of amides is 1. The molecule has 250 valence electrons. The maximum atomic E-state index is 12.4. The number of carbonyl (C=O) groups is 1. The zero-order chi connectivity index (χ0) is 31.8. The average Bonchev–Trinajstić information content (AvgIpc) is 3.58. The Hall–Kier alpha value is -0.770. The lowest BCUT2D eigenvalue weighted by molar-refractivity contribution is -0.247. The fourth-order valence-corrected chi connectivity index (χ4v) is 13.4. The molecule has 2 spiro atoms. The highest BCUT2D eigenvalue weighted by atomic mass is 16.7. The predicted molar refractivity (Wildman–Crippen MR) is 165 cm³/mol. The fourth-order valence-electron chi connectivity index (χ4n) is 13.4. The van der Waals surface area contributed by atoms with Gasteiger partial charge in [-0.05, 0) is 111 Å². The van der Waals surface area contributed by atoms with Gasteiger partial charge in [-0.15, -0.1) is 0 Å². The number of carbonyl (C=O) groups excluding carboxylic acids is 1. The van der Waals surface area contributed by atoms with Crippen molar-refractivity contribution in [3.63, 3.8) is 0 Å². The van der Waals surface area contributed by atoms with Crippen LogP contribution < -0.4 is 0 Å². The SMILES string of the molecule is CC(=O)N1CCOC(OC2CCC34CC35CCC3(C)C6C(OC(C(O)C(C)(C)O)C[C@H]6C)[C@H](O)[C@@]3(C)C5CC[C@H]4C2(C)C)C1. The van der Waals surface area contributed by atoms with Gasteiger partial charge in [0, 0.05) is 18.9 Å². The lowest BCUT2D eigenvalue weighted by Crippen LogP contribution is -2.60. The molecule has 2 saturated heterocycles. The summed E-state index contributed by atoms with van der Waals surface area (Å²) >= 11 is 0. The van der Waals surface area contributed by atoms with Crippen molar-refractivity contribution in [3.8, 4) is 0 Å². The van der Waals surface area contributed by atoms with E-state index in [1.165, 1.54) is 12.8 Å². The Bertz CT molecular complexity index is 1170. The van der Waals surface area contributed by atoms with Crippen LogP contribution in [-0.4, -0.2) is 88.2 Å². The Morgan fingerprint density at radius 1 is 1.05 bits per heavy atom. The molecule has 3 N–H and O–H groups in total. The van der Waals surface area contributed by atoms with E-state index >= 15 is 0 Å². The van der Waals surface area contributed by atoms with Gasteiger partial charge in [0.15, 0.2) is 6.29 Å². The number of hydrogen-bond donors (Lipinski definition) is 3. The molecular formula is C36H59NO7. The minimum absolute atomic E-state index is 0.00337. The van der Waals surface area contributed by atoms with E-state index in [1.807, 2.05) is 4.90 Å². The van der Waals surface area contributed by atoms with Gasteiger partial charge in [-0.1, -0.05) is 34.6 Å². The van der Waals surface area contributed by atoms with Crippen molar-refractivity contribution in [2.75, 3.05) is 19.7 Å². The normalized spacial score (nSPS) is 53.4.